The van der Waals surface area contributed by atoms with Gasteiger partial charge in [-0.25, -0.2) is 0 Å². The molecule has 16 heavy (non-hydrogen) atoms. The van der Waals surface area contributed by atoms with Gasteiger partial charge in [0, 0.05) is 18.3 Å². The highest BCUT2D eigenvalue weighted by atomic mass is 15.1. The summed E-state index contributed by atoms with van der Waals surface area (Å²) in [7, 11) is 4.07. The largest absolute Gasteiger partial charge is 0.398 e. The zero-order valence-corrected chi connectivity index (χ0v) is 9.99. The molecule has 0 aliphatic carbocycles. The van der Waals surface area contributed by atoms with Crippen LogP contribution in [0, 0.1) is 11.3 Å². The Balaban J connectivity index is 2.69. The van der Waals surface area contributed by atoms with E-state index < -0.39 is 0 Å². The number of hydrogen-bond acceptors (Lipinski definition) is 4. The lowest BCUT2D eigenvalue weighted by molar-refractivity contribution is 0.392. The number of nitriles is 1. The normalized spacial score (nSPS) is 12.2. The van der Waals surface area contributed by atoms with Crippen LogP contribution in [0.25, 0.3) is 0 Å². The average Bonchev–Trinajstić information content (AvgIpc) is 2.16. The SMILES string of the molecule is CC(CN(C)C)Nc1ccc(C#N)c(N)c1. The third-order valence-corrected chi connectivity index (χ3v) is 2.22. The van der Waals surface area contributed by atoms with Gasteiger partial charge in [-0.05, 0) is 39.2 Å². The van der Waals surface area contributed by atoms with Crippen LogP contribution in [0.5, 0.6) is 0 Å². The first-order valence-corrected chi connectivity index (χ1v) is 5.24. The van der Waals surface area contributed by atoms with Crippen molar-refractivity contribution in [2.75, 3.05) is 31.7 Å². The molecule has 3 N–H and O–H groups in total. The number of benzene rings is 1. The minimum absolute atomic E-state index is 0.335. The van der Waals surface area contributed by atoms with Crippen molar-refractivity contribution in [3.05, 3.63) is 23.8 Å². The standard InChI is InChI=1S/C12H18N4/c1-9(8-16(2)3)15-11-5-4-10(7-13)12(14)6-11/h4-6,9,15H,8,14H2,1-3H3. The molecule has 1 aromatic carbocycles. The number of hydrogen-bond donors (Lipinski definition) is 2. The fourth-order valence-corrected chi connectivity index (χ4v) is 1.63. The molecule has 1 unspecified atom stereocenters. The third-order valence-electron chi connectivity index (χ3n) is 2.22. The summed E-state index contributed by atoms with van der Waals surface area (Å²) in [5.41, 5.74) is 7.72. The molecule has 0 saturated carbocycles. The molecule has 0 aliphatic heterocycles. The molecule has 1 aromatic rings. The van der Waals surface area contributed by atoms with Crippen LogP contribution in [0.3, 0.4) is 0 Å². The van der Waals surface area contributed by atoms with Gasteiger partial charge in [0.25, 0.3) is 0 Å². The summed E-state index contributed by atoms with van der Waals surface area (Å²) in [6.07, 6.45) is 0. The summed E-state index contributed by atoms with van der Waals surface area (Å²) in [5, 5.41) is 12.1. The van der Waals surface area contributed by atoms with Crippen molar-refractivity contribution in [1.29, 1.82) is 5.26 Å². The quantitative estimate of drug-likeness (QED) is 0.752. The van der Waals surface area contributed by atoms with Gasteiger partial charge in [0.2, 0.25) is 0 Å². The maximum absolute atomic E-state index is 8.75. The van der Waals surface area contributed by atoms with Crippen LogP contribution in [-0.2, 0) is 0 Å². The number of nitrogen functional groups attached to an aromatic ring is 1. The molecule has 0 heterocycles. The second kappa shape index (κ2) is 5.38. The molecule has 0 fully saturated rings. The first kappa shape index (κ1) is 12.3. The first-order valence-electron chi connectivity index (χ1n) is 5.24. The second-order valence-electron chi connectivity index (χ2n) is 4.22. The molecule has 1 rings (SSSR count). The van der Waals surface area contributed by atoms with Crippen molar-refractivity contribution in [2.45, 2.75) is 13.0 Å². The monoisotopic (exact) mass is 218 g/mol. The number of rotatable bonds is 4. The molecule has 1 atom stereocenters. The second-order valence-corrected chi connectivity index (χ2v) is 4.22. The van der Waals surface area contributed by atoms with Gasteiger partial charge in [-0.3, -0.25) is 0 Å². The molecule has 0 bridgehead atoms. The fraction of sp³-hybridized carbons (Fsp3) is 0.417. The van der Waals surface area contributed by atoms with E-state index in [2.05, 4.69) is 17.1 Å². The zero-order chi connectivity index (χ0) is 12.1. The molecule has 4 heteroatoms. The van der Waals surface area contributed by atoms with Gasteiger partial charge in [-0.2, -0.15) is 5.26 Å². The van der Waals surface area contributed by atoms with Crippen molar-refractivity contribution in [2.24, 2.45) is 0 Å². The highest BCUT2D eigenvalue weighted by molar-refractivity contribution is 5.62. The Kier molecular flexibility index (Phi) is 4.15. The summed E-state index contributed by atoms with van der Waals surface area (Å²) >= 11 is 0. The Bertz CT molecular complexity index is 392. The fourth-order valence-electron chi connectivity index (χ4n) is 1.63. The highest BCUT2D eigenvalue weighted by Gasteiger charge is 2.05. The van der Waals surface area contributed by atoms with Crippen LogP contribution in [-0.4, -0.2) is 31.6 Å². The Morgan fingerprint density at radius 2 is 2.19 bits per heavy atom. The van der Waals surface area contributed by atoms with E-state index in [1.807, 2.05) is 26.2 Å². The molecular formula is C12H18N4. The predicted octanol–water partition coefficient (Wildman–Crippen LogP) is 1.50. The maximum atomic E-state index is 8.75. The van der Waals surface area contributed by atoms with Crippen molar-refractivity contribution in [1.82, 2.24) is 4.90 Å². The number of nitrogens with zero attached hydrogens (tertiary/aromatic N) is 2. The summed E-state index contributed by atoms with van der Waals surface area (Å²) in [6, 6.07) is 7.79. The highest BCUT2D eigenvalue weighted by Crippen LogP contribution is 2.17. The smallest absolute Gasteiger partial charge is 0.101 e. The summed E-state index contributed by atoms with van der Waals surface area (Å²) < 4.78 is 0. The summed E-state index contributed by atoms with van der Waals surface area (Å²) in [4.78, 5) is 2.12. The first-order chi connectivity index (χ1) is 7.52. The molecule has 0 amide bonds. The minimum Gasteiger partial charge on any atom is -0.398 e. The molecule has 86 valence electrons. The summed E-state index contributed by atoms with van der Waals surface area (Å²) in [5.74, 6) is 0. The van der Waals surface area contributed by atoms with Gasteiger partial charge in [0.05, 0.1) is 11.3 Å². The van der Waals surface area contributed by atoms with Gasteiger partial charge >= 0.3 is 0 Å². The van der Waals surface area contributed by atoms with E-state index in [1.165, 1.54) is 0 Å². The van der Waals surface area contributed by atoms with Gasteiger partial charge in [0.15, 0.2) is 0 Å². The Hall–Kier alpha value is -1.73. The molecule has 0 aliphatic rings. The van der Waals surface area contributed by atoms with E-state index in [9.17, 15) is 0 Å². The average molecular weight is 218 g/mol. The Morgan fingerprint density at radius 1 is 1.50 bits per heavy atom. The predicted molar refractivity (Wildman–Crippen MR) is 67.2 cm³/mol. The Morgan fingerprint density at radius 3 is 2.69 bits per heavy atom. The Labute approximate surface area is 96.7 Å². The topological polar surface area (TPSA) is 65.1 Å². The molecule has 0 saturated heterocycles. The summed E-state index contributed by atoms with van der Waals surface area (Å²) in [6.45, 7) is 3.05. The van der Waals surface area contributed by atoms with Crippen LogP contribution < -0.4 is 11.1 Å². The van der Waals surface area contributed by atoms with Gasteiger partial charge in [-0.15, -0.1) is 0 Å². The molecule has 4 nitrogen and oxygen atoms in total. The third kappa shape index (κ3) is 3.44. The van der Waals surface area contributed by atoms with Crippen LogP contribution in [0.15, 0.2) is 18.2 Å². The van der Waals surface area contributed by atoms with E-state index in [0.29, 0.717) is 17.3 Å². The van der Waals surface area contributed by atoms with Crippen LogP contribution >= 0.6 is 0 Å². The molecule has 0 aromatic heterocycles. The molecule has 0 spiro atoms. The van der Waals surface area contributed by atoms with Crippen molar-refractivity contribution >= 4 is 11.4 Å². The zero-order valence-electron chi connectivity index (χ0n) is 9.99. The number of nitrogens with one attached hydrogen (secondary N) is 1. The van der Waals surface area contributed by atoms with Crippen molar-refractivity contribution in [3.8, 4) is 6.07 Å². The van der Waals surface area contributed by atoms with Crippen molar-refractivity contribution in [3.63, 3.8) is 0 Å². The van der Waals surface area contributed by atoms with E-state index in [1.54, 1.807) is 12.1 Å². The van der Waals surface area contributed by atoms with Gasteiger partial charge < -0.3 is 16.0 Å². The lowest BCUT2D eigenvalue weighted by Crippen LogP contribution is -2.29. The minimum atomic E-state index is 0.335. The lowest BCUT2D eigenvalue weighted by atomic mass is 10.1. The van der Waals surface area contributed by atoms with Crippen LogP contribution in [0.2, 0.25) is 0 Å². The molecular weight excluding hydrogens is 200 g/mol. The van der Waals surface area contributed by atoms with E-state index in [4.69, 9.17) is 11.0 Å². The number of likely N-dealkylation sites (N-methyl/N-ethyl adjacent to an activating group) is 1. The van der Waals surface area contributed by atoms with Gasteiger partial charge in [-0.1, -0.05) is 0 Å². The van der Waals surface area contributed by atoms with Gasteiger partial charge in [0.1, 0.15) is 6.07 Å². The number of nitrogens with two attached hydrogens (primary N) is 1. The van der Waals surface area contributed by atoms with Crippen LogP contribution in [0.4, 0.5) is 11.4 Å². The molecule has 0 radical (unpaired) electrons. The van der Waals surface area contributed by atoms with E-state index in [-0.39, 0.29) is 0 Å². The van der Waals surface area contributed by atoms with E-state index in [0.717, 1.165) is 12.2 Å². The maximum Gasteiger partial charge on any atom is 0.101 e. The van der Waals surface area contributed by atoms with Crippen LogP contribution in [0.1, 0.15) is 12.5 Å². The van der Waals surface area contributed by atoms with E-state index >= 15 is 0 Å². The van der Waals surface area contributed by atoms with Crippen molar-refractivity contribution < 1.29 is 0 Å². The number of anilines is 2. The lowest BCUT2D eigenvalue weighted by Gasteiger charge is -2.19.